The molecular formula is C15H22Cl2N4O. The fraction of sp³-hybridized carbons (Fsp3) is 0.333. The van der Waals surface area contributed by atoms with Crippen molar-refractivity contribution >= 4 is 30.7 Å². The molecule has 0 fully saturated rings. The number of amides is 1. The van der Waals surface area contributed by atoms with E-state index in [9.17, 15) is 4.79 Å². The molecule has 0 spiro atoms. The summed E-state index contributed by atoms with van der Waals surface area (Å²) in [6.45, 7) is 3.22. The van der Waals surface area contributed by atoms with Gasteiger partial charge in [-0.25, -0.2) is 0 Å². The summed E-state index contributed by atoms with van der Waals surface area (Å²) in [6, 6.07) is 9.74. The smallest absolute Gasteiger partial charge is 0.251 e. The van der Waals surface area contributed by atoms with Crippen LogP contribution in [0.3, 0.4) is 0 Å². The number of likely N-dealkylation sites (N-methyl/N-ethyl adjacent to an activating group) is 1. The largest absolute Gasteiger partial charge is 0.350 e. The van der Waals surface area contributed by atoms with Crippen LogP contribution >= 0.6 is 24.8 Å². The molecule has 2 N–H and O–H groups in total. The fourth-order valence-electron chi connectivity index (χ4n) is 1.89. The Morgan fingerprint density at radius 2 is 2.00 bits per heavy atom. The van der Waals surface area contributed by atoms with E-state index in [0.717, 1.165) is 5.56 Å². The van der Waals surface area contributed by atoms with Crippen LogP contribution in [0.25, 0.3) is 0 Å². The van der Waals surface area contributed by atoms with E-state index < -0.39 is 0 Å². The Kier molecular flexibility index (Phi) is 9.49. The average molecular weight is 345 g/mol. The lowest BCUT2D eigenvalue weighted by atomic mass is 10.1. The van der Waals surface area contributed by atoms with Crippen molar-refractivity contribution in [1.82, 2.24) is 20.4 Å². The summed E-state index contributed by atoms with van der Waals surface area (Å²) < 4.78 is 1.81. The number of halogens is 2. The molecule has 122 valence electrons. The third-order valence-corrected chi connectivity index (χ3v) is 3.22. The summed E-state index contributed by atoms with van der Waals surface area (Å²) in [5.41, 5.74) is 1.66. The Morgan fingerprint density at radius 3 is 2.64 bits per heavy atom. The quantitative estimate of drug-likeness (QED) is 0.843. The number of nitrogens with zero attached hydrogens (tertiary/aromatic N) is 2. The van der Waals surface area contributed by atoms with Gasteiger partial charge in [0.15, 0.2) is 0 Å². The van der Waals surface area contributed by atoms with Crippen molar-refractivity contribution in [3.05, 3.63) is 53.9 Å². The Labute approximate surface area is 143 Å². The van der Waals surface area contributed by atoms with Gasteiger partial charge < -0.3 is 10.6 Å². The lowest BCUT2D eigenvalue weighted by molar-refractivity contribution is 0.0949. The summed E-state index contributed by atoms with van der Waals surface area (Å²) in [7, 11) is 1.88. The summed E-state index contributed by atoms with van der Waals surface area (Å²) in [4.78, 5) is 12.2. The zero-order valence-electron chi connectivity index (χ0n) is 12.7. The number of carbonyl (C=O) groups excluding carboxylic acids is 1. The zero-order chi connectivity index (χ0) is 14.4. The van der Waals surface area contributed by atoms with Gasteiger partial charge in [0.2, 0.25) is 0 Å². The SMILES string of the molecule is CNC(C)CNC(=O)c1ccccc1Cn1cccn1.Cl.Cl. The highest BCUT2D eigenvalue weighted by atomic mass is 35.5. The first-order valence-corrected chi connectivity index (χ1v) is 6.71. The lowest BCUT2D eigenvalue weighted by Crippen LogP contribution is -2.37. The number of aromatic nitrogens is 2. The van der Waals surface area contributed by atoms with E-state index in [1.807, 2.05) is 55.2 Å². The molecule has 0 aliphatic rings. The third kappa shape index (κ3) is 5.67. The molecule has 1 heterocycles. The van der Waals surface area contributed by atoms with Crippen LogP contribution in [0, 0.1) is 0 Å². The van der Waals surface area contributed by atoms with Crippen LogP contribution in [0.15, 0.2) is 42.7 Å². The molecule has 0 saturated carbocycles. The monoisotopic (exact) mass is 344 g/mol. The van der Waals surface area contributed by atoms with Crippen LogP contribution in [0.4, 0.5) is 0 Å². The maximum absolute atomic E-state index is 12.2. The molecule has 2 aromatic rings. The number of nitrogens with one attached hydrogen (secondary N) is 2. The van der Waals surface area contributed by atoms with Gasteiger partial charge in [0.05, 0.1) is 6.54 Å². The van der Waals surface area contributed by atoms with Crippen LogP contribution in [-0.4, -0.2) is 35.3 Å². The molecule has 0 saturated heterocycles. The third-order valence-electron chi connectivity index (χ3n) is 3.22. The van der Waals surface area contributed by atoms with Gasteiger partial charge in [-0.05, 0) is 31.7 Å². The van der Waals surface area contributed by atoms with Crippen molar-refractivity contribution in [2.75, 3.05) is 13.6 Å². The maximum Gasteiger partial charge on any atom is 0.251 e. The highest BCUT2D eigenvalue weighted by Crippen LogP contribution is 2.10. The van der Waals surface area contributed by atoms with E-state index in [1.165, 1.54) is 0 Å². The number of rotatable bonds is 6. The Balaban J connectivity index is 0.00000220. The van der Waals surface area contributed by atoms with Crippen molar-refractivity contribution in [1.29, 1.82) is 0 Å². The van der Waals surface area contributed by atoms with E-state index in [-0.39, 0.29) is 36.8 Å². The van der Waals surface area contributed by atoms with Gasteiger partial charge in [-0.2, -0.15) is 5.10 Å². The Hall–Kier alpha value is -1.56. The molecule has 1 amide bonds. The highest BCUT2D eigenvalue weighted by molar-refractivity contribution is 5.95. The van der Waals surface area contributed by atoms with Crippen molar-refractivity contribution in [2.24, 2.45) is 0 Å². The predicted octanol–water partition coefficient (Wildman–Crippen LogP) is 2.11. The number of benzene rings is 1. The van der Waals surface area contributed by atoms with Gasteiger partial charge in [-0.1, -0.05) is 18.2 Å². The number of hydrogen-bond acceptors (Lipinski definition) is 3. The Bertz CT molecular complexity index is 560. The number of hydrogen-bond donors (Lipinski definition) is 2. The van der Waals surface area contributed by atoms with Gasteiger partial charge in [-0.3, -0.25) is 9.48 Å². The maximum atomic E-state index is 12.2. The van der Waals surface area contributed by atoms with Gasteiger partial charge in [0, 0.05) is 30.5 Å². The Morgan fingerprint density at radius 1 is 1.27 bits per heavy atom. The molecule has 0 aliphatic carbocycles. The molecule has 2 rings (SSSR count). The minimum Gasteiger partial charge on any atom is -0.350 e. The van der Waals surface area contributed by atoms with Crippen LogP contribution in [0.1, 0.15) is 22.8 Å². The van der Waals surface area contributed by atoms with Gasteiger partial charge in [0.25, 0.3) is 5.91 Å². The molecule has 0 radical (unpaired) electrons. The first-order valence-electron chi connectivity index (χ1n) is 6.71. The van der Waals surface area contributed by atoms with Crippen molar-refractivity contribution < 1.29 is 4.79 Å². The van der Waals surface area contributed by atoms with Gasteiger partial charge >= 0.3 is 0 Å². The van der Waals surface area contributed by atoms with Crippen LogP contribution in [0.2, 0.25) is 0 Å². The first-order chi connectivity index (χ1) is 9.70. The molecule has 0 aliphatic heterocycles. The molecule has 7 heteroatoms. The second-order valence-corrected chi connectivity index (χ2v) is 4.76. The van der Waals surface area contributed by atoms with Gasteiger partial charge in [0.1, 0.15) is 0 Å². The van der Waals surface area contributed by atoms with E-state index in [4.69, 9.17) is 0 Å². The minimum absolute atomic E-state index is 0. The molecule has 0 bridgehead atoms. The first kappa shape index (κ1) is 20.4. The summed E-state index contributed by atoms with van der Waals surface area (Å²) in [5.74, 6) is -0.0464. The molecular weight excluding hydrogens is 323 g/mol. The van der Waals surface area contributed by atoms with Crippen LogP contribution in [-0.2, 0) is 6.54 Å². The standard InChI is InChI=1S/C15H20N4O.2ClH/c1-12(16-2)10-17-15(20)14-7-4-3-6-13(14)11-19-9-5-8-18-19;;/h3-9,12,16H,10-11H2,1-2H3,(H,17,20);2*1H. The van der Waals surface area contributed by atoms with Crippen LogP contribution in [0.5, 0.6) is 0 Å². The summed E-state index contributed by atoms with van der Waals surface area (Å²) >= 11 is 0. The summed E-state index contributed by atoms with van der Waals surface area (Å²) in [6.07, 6.45) is 3.62. The number of carbonyl (C=O) groups is 1. The predicted molar refractivity (Wildman–Crippen MR) is 93.1 cm³/mol. The molecule has 1 unspecified atom stereocenters. The minimum atomic E-state index is -0.0464. The molecule has 1 aromatic carbocycles. The zero-order valence-corrected chi connectivity index (χ0v) is 14.3. The molecule has 22 heavy (non-hydrogen) atoms. The average Bonchev–Trinajstić information content (AvgIpc) is 2.98. The van der Waals surface area contributed by atoms with E-state index >= 15 is 0 Å². The normalized spacial score (nSPS) is 11.0. The molecule has 1 atom stereocenters. The second kappa shape index (κ2) is 10.2. The van der Waals surface area contributed by atoms with Crippen molar-refractivity contribution in [2.45, 2.75) is 19.5 Å². The lowest BCUT2D eigenvalue weighted by Gasteiger charge is -2.13. The highest BCUT2D eigenvalue weighted by Gasteiger charge is 2.11. The molecule has 1 aromatic heterocycles. The van der Waals surface area contributed by atoms with Crippen LogP contribution < -0.4 is 10.6 Å². The topological polar surface area (TPSA) is 58.9 Å². The van der Waals surface area contributed by atoms with E-state index in [1.54, 1.807) is 6.20 Å². The van der Waals surface area contributed by atoms with Gasteiger partial charge in [-0.15, -0.1) is 24.8 Å². The van der Waals surface area contributed by atoms with Crippen molar-refractivity contribution in [3.63, 3.8) is 0 Å². The second-order valence-electron chi connectivity index (χ2n) is 4.76. The van der Waals surface area contributed by atoms with E-state index in [2.05, 4.69) is 15.7 Å². The van der Waals surface area contributed by atoms with E-state index in [0.29, 0.717) is 18.7 Å². The van der Waals surface area contributed by atoms with Crippen molar-refractivity contribution in [3.8, 4) is 0 Å². The molecule has 5 nitrogen and oxygen atoms in total. The summed E-state index contributed by atoms with van der Waals surface area (Å²) in [5, 5.41) is 10.2. The fourth-order valence-corrected chi connectivity index (χ4v) is 1.89.